The van der Waals surface area contributed by atoms with Crippen LogP contribution >= 0.6 is 0 Å². The van der Waals surface area contributed by atoms with Crippen molar-refractivity contribution < 1.29 is 4.21 Å². The lowest BCUT2D eigenvalue weighted by atomic mass is 9.98. The minimum atomic E-state index is -0.634. The van der Waals surface area contributed by atoms with E-state index in [0.29, 0.717) is 6.04 Å². The average molecular weight is 235 g/mol. The van der Waals surface area contributed by atoms with E-state index in [0.717, 1.165) is 24.0 Å². The summed E-state index contributed by atoms with van der Waals surface area (Å²) >= 11 is 0. The molecule has 2 unspecified atom stereocenters. The molecule has 1 saturated carbocycles. The van der Waals surface area contributed by atoms with Gasteiger partial charge in [0.2, 0.25) is 0 Å². The highest BCUT2D eigenvalue weighted by atomic mass is 32.2. The Balaban J connectivity index is 1.89. The van der Waals surface area contributed by atoms with Gasteiger partial charge in [-0.05, 0) is 29.9 Å². The third-order valence-corrected chi connectivity index (χ3v) is 4.83. The topological polar surface area (TPSA) is 29.1 Å². The van der Waals surface area contributed by atoms with Crippen molar-refractivity contribution in [1.82, 2.24) is 5.32 Å². The molecule has 1 aliphatic carbocycles. The van der Waals surface area contributed by atoms with Crippen molar-refractivity contribution in [2.45, 2.75) is 24.8 Å². The zero-order chi connectivity index (χ0) is 11.0. The van der Waals surface area contributed by atoms with Crippen LogP contribution in [0.3, 0.4) is 0 Å². The SMILES string of the molecule is O=S1CCNC(c2ccccc2C2CC2)C1. The fraction of sp³-hybridized carbons (Fsp3) is 0.538. The molecule has 86 valence electrons. The van der Waals surface area contributed by atoms with Gasteiger partial charge in [0.1, 0.15) is 0 Å². The largest absolute Gasteiger partial charge is 0.308 e. The standard InChI is InChI=1S/C13H17NOS/c15-16-8-7-14-13(9-16)12-4-2-1-3-11(12)10-5-6-10/h1-4,10,13-14H,5-9H2. The third-order valence-electron chi connectivity index (χ3n) is 3.46. The molecule has 1 aromatic carbocycles. The van der Waals surface area contributed by atoms with Crippen LogP contribution in [0.5, 0.6) is 0 Å². The number of rotatable bonds is 2. The molecule has 2 aliphatic rings. The van der Waals surface area contributed by atoms with Gasteiger partial charge in [0.25, 0.3) is 0 Å². The van der Waals surface area contributed by atoms with Crippen molar-refractivity contribution in [3.8, 4) is 0 Å². The molecule has 1 aliphatic heterocycles. The van der Waals surface area contributed by atoms with Crippen molar-refractivity contribution in [2.24, 2.45) is 0 Å². The zero-order valence-corrected chi connectivity index (χ0v) is 10.1. The minimum absolute atomic E-state index is 0.311. The van der Waals surface area contributed by atoms with E-state index in [1.165, 1.54) is 24.0 Å². The van der Waals surface area contributed by atoms with E-state index in [1.807, 2.05) is 0 Å². The highest BCUT2D eigenvalue weighted by molar-refractivity contribution is 7.85. The minimum Gasteiger partial charge on any atom is -0.308 e. The Morgan fingerprint density at radius 1 is 1.19 bits per heavy atom. The fourth-order valence-corrected chi connectivity index (χ4v) is 3.65. The highest BCUT2D eigenvalue weighted by Gasteiger charge is 2.29. The van der Waals surface area contributed by atoms with Crippen LogP contribution in [0.4, 0.5) is 0 Å². The molecule has 3 heteroatoms. The summed E-state index contributed by atoms with van der Waals surface area (Å²) in [5, 5.41) is 3.50. The molecule has 0 bridgehead atoms. The van der Waals surface area contributed by atoms with Gasteiger partial charge in [-0.25, -0.2) is 0 Å². The summed E-state index contributed by atoms with van der Waals surface area (Å²) in [7, 11) is -0.634. The van der Waals surface area contributed by atoms with Crippen molar-refractivity contribution in [3.05, 3.63) is 35.4 Å². The monoisotopic (exact) mass is 235 g/mol. The lowest BCUT2D eigenvalue weighted by molar-refractivity contribution is 0.568. The number of hydrogen-bond acceptors (Lipinski definition) is 2. The molecule has 1 heterocycles. The first kappa shape index (κ1) is 10.5. The van der Waals surface area contributed by atoms with E-state index < -0.39 is 10.8 Å². The molecule has 0 amide bonds. The summed E-state index contributed by atoms with van der Waals surface area (Å²) < 4.78 is 11.6. The Morgan fingerprint density at radius 3 is 2.62 bits per heavy atom. The Labute approximate surface area is 98.9 Å². The quantitative estimate of drug-likeness (QED) is 0.849. The molecule has 3 rings (SSSR count). The smallest absolute Gasteiger partial charge is 0.0439 e. The summed E-state index contributed by atoms with van der Waals surface area (Å²) in [6.07, 6.45) is 2.65. The van der Waals surface area contributed by atoms with Crippen molar-refractivity contribution in [2.75, 3.05) is 18.1 Å². The molecular weight excluding hydrogens is 218 g/mol. The van der Waals surface area contributed by atoms with Gasteiger partial charge >= 0.3 is 0 Å². The number of nitrogens with one attached hydrogen (secondary N) is 1. The summed E-state index contributed by atoms with van der Waals surface area (Å²) in [6, 6.07) is 8.98. The van der Waals surface area contributed by atoms with E-state index in [1.54, 1.807) is 0 Å². The van der Waals surface area contributed by atoms with Crippen LogP contribution < -0.4 is 5.32 Å². The molecule has 1 aromatic rings. The Kier molecular flexibility index (Phi) is 2.82. The average Bonchev–Trinajstić information content (AvgIpc) is 3.13. The predicted molar refractivity (Wildman–Crippen MR) is 67.0 cm³/mol. The maximum absolute atomic E-state index is 11.6. The summed E-state index contributed by atoms with van der Waals surface area (Å²) in [5.74, 6) is 2.36. The molecule has 1 N–H and O–H groups in total. The molecule has 0 aromatic heterocycles. The van der Waals surface area contributed by atoms with E-state index in [4.69, 9.17) is 0 Å². The second-order valence-corrected chi connectivity index (χ2v) is 6.34. The van der Waals surface area contributed by atoms with Crippen LogP contribution in [0.15, 0.2) is 24.3 Å². The maximum Gasteiger partial charge on any atom is 0.0439 e. The highest BCUT2D eigenvalue weighted by Crippen LogP contribution is 2.43. The molecule has 2 fully saturated rings. The van der Waals surface area contributed by atoms with E-state index >= 15 is 0 Å². The third kappa shape index (κ3) is 2.06. The van der Waals surface area contributed by atoms with Crippen molar-refractivity contribution in [3.63, 3.8) is 0 Å². The van der Waals surface area contributed by atoms with Crippen molar-refractivity contribution >= 4 is 10.8 Å². The van der Waals surface area contributed by atoms with Gasteiger partial charge in [-0.1, -0.05) is 24.3 Å². The van der Waals surface area contributed by atoms with Gasteiger partial charge in [0, 0.05) is 34.9 Å². The zero-order valence-electron chi connectivity index (χ0n) is 9.32. The normalized spacial score (nSPS) is 30.2. The van der Waals surface area contributed by atoms with Crippen LogP contribution in [0.25, 0.3) is 0 Å². The van der Waals surface area contributed by atoms with Gasteiger partial charge < -0.3 is 5.32 Å². The maximum atomic E-state index is 11.6. The van der Waals surface area contributed by atoms with Crippen molar-refractivity contribution in [1.29, 1.82) is 0 Å². The van der Waals surface area contributed by atoms with E-state index in [2.05, 4.69) is 29.6 Å². The van der Waals surface area contributed by atoms with Crippen LogP contribution in [-0.2, 0) is 10.8 Å². The van der Waals surface area contributed by atoms with Gasteiger partial charge in [-0.2, -0.15) is 0 Å². The lowest BCUT2D eigenvalue weighted by Gasteiger charge is -2.25. The second kappa shape index (κ2) is 4.30. The Hall–Kier alpha value is -0.670. The first-order chi connectivity index (χ1) is 7.84. The van der Waals surface area contributed by atoms with Gasteiger partial charge in [-0.3, -0.25) is 4.21 Å². The summed E-state index contributed by atoms with van der Waals surface area (Å²) in [6.45, 7) is 0.885. The first-order valence-corrected chi connectivity index (χ1v) is 7.50. The Morgan fingerprint density at radius 2 is 1.94 bits per heavy atom. The van der Waals surface area contributed by atoms with Crippen LogP contribution in [0.2, 0.25) is 0 Å². The van der Waals surface area contributed by atoms with Gasteiger partial charge in [-0.15, -0.1) is 0 Å². The van der Waals surface area contributed by atoms with E-state index in [-0.39, 0.29) is 0 Å². The molecular formula is C13H17NOS. The Bertz CT molecular complexity index is 414. The molecule has 0 spiro atoms. The summed E-state index contributed by atoms with van der Waals surface area (Å²) in [4.78, 5) is 0. The number of hydrogen-bond donors (Lipinski definition) is 1. The van der Waals surface area contributed by atoms with Gasteiger partial charge in [0.15, 0.2) is 0 Å². The van der Waals surface area contributed by atoms with E-state index in [9.17, 15) is 4.21 Å². The summed E-state index contributed by atoms with van der Waals surface area (Å²) in [5.41, 5.74) is 2.87. The first-order valence-electron chi connectivity index (χ1n) is 6.02. The van der Waals surface area contributed by atoms with Crippen LogP contribution in [-0.4, -0.2) is 22.3 Å². The predicted octanol–water partition coefficient (Wildman–Crippen LogP) is 1.96. The number of benzene rings is 1. The van der Waals surface area contributed by atoms with Gasteiger partial charge in [0.05, 0.1) is 0 Å². The molecule has 2 atom stereocenters. The fourth-order valence-electron chi connectivity index (χ4n) is 2.47. The molecule has 16 heavy (non-hydrogen) atoms. The molecule has 0 radical (unpaired) electrons. The second-order valence-electron chi connectivity index (χ2n) is 4.72. The van der Waals surface area contributed by atoms with Crippen LogP contribution in [0.1, 0.15) is 35.9 Å². The molecule has 2 nitrogen and oxygen atoms in total. The van der Waals surface area contributed by atoms with Crippen LogP contribution in [0, 0.1) is 0 Å². The molecule has 1 saturated heterocycles. The lowest BCUT2D eigenvalue weighted by Crippen LogP contribution is -2.36.